The van der Waals surface area contributed by atoms with Crippen molar-refractivity contribution in [1.82, 2.24) is 19.2 Å². The summed E-state index contributed by atoms with van der Waals surface area (Å²) in [5.74, 6) is 0. The van der Waals surface area contributed by atoms with Crippen molar-refractivity contribution in [3.8, 4) is 11.4 Å². The second-order valence-corrected chi connectivity index (χ2v) is 3.76. The molecule has 3 aromatic heterocycles. The predicted molar refractivity (Wildman–Crippen MR) is 63.5 cm³/mol. The molecule has 5 nitrogen and oxygen atoms in total. The molecule has 0 aliphatic rings. The Balaban J connectivity index is 2.08. The monoisotopic (exact) mass is 228 g/mol. The molecule has 17 heavy (non-hydrogen) atoms. The van der Waals surface area contributed by atoms with Gasteiger partial charge in [-0.25, -0.2) is 4.52 Å². The van der Waals surface area contributed by atoms with Crippen molar-refractivity contribution in [3.05, 3.63) is 42.9 Å². The topological polar surface area (TPSA) is 55.4 Å². The van der Waals surface area contributed by atoms with Gasteiger partial charge in [0, 0.05) is 31.2 Å². The molecule has 86 valence electrons. The number of aliphatic hydroxyl groups excluding tert-OH is 1. The molecular weight excluding hydrogens is 216 g/mol. The van der Waals surface area contributed by atoms with Gasteiger partial charge in [0.15, 0.2) is 0 Å². The van der Waals surface area contributed by atoms with Gasteiger partial charge in [-0.05, 0) is 12.1 Å². The summed E-state index contributed by atoms with van der Waals surface area (Å²) in [6, 6.07) is 7.72. The Hall–Kier alpha value is -2.14. The molecule has 3 aromatic rings. The third-order valence-corrected chi connectivity index (χ3v) is 2.67. The molecule has 3 heterocycles. The van der Waals surface area contributed by atoms with Crippen molar-refractivity contribution in [2.75, 3.05) is 6.61 Å². The Morgan fingerprint density at radius 2 is 2.12 bits per heavy atom. The first kappa shape index (κ1) is 10.0. The molecule has 0 saturated carbocycles. The molecule has 0 atom stereocenters. The minimum atomic E-state index is 0.119. The van der Waals surface area contributed by atoms with Crippen LogP contribution in [0.25, 0.3) is 17.0 Å². The summed E-state index contributed by atoms with van der Waals surface area (Å²) >= 11 is 0. The summed E-state index contributed by atoms with van der Waals surface area (Å²) in [6.45, 7) is 0.693. The molecule has 0 radical (unpaired) electrons. The Morgan fingerprint density at radius 3 is 2.88 bits per heavy atom. The molecule has 0 fully saturated rings. The van der Waals surface area contributed by atoms with Gasteiger partial charge in [-0.2, -0.15) is 5.10 Å². The second kappa shape index (κ2) is 4.03. The van der Waals surface area contributed by atoms with E-state index < -0.39 is 0 Å². The minimum Gasteiger partial charge on any atom is -0.395 e. The lowest BCUT2D eigenvalue weighted by atomic mass is 10.3. The molecule has 0 bridgehead atoms. The average Bonchev–Trinajstić information content (AvgIpc) is 2.93. The molecule has 1 N–H and O–H groups in total. The predicted octanol–water partition coefficient (Wildman–Crippen LogP) is 1.19. The van der Waals surface area contributed by atoms with Crippen molar-refractivity contribution in [2.24, 2.45) is 0 Å². The van der Waals surface area contributed by atoms with Gasteiger partial charge in [0.2, 0.25) is 0 Å². The van der Waals surface area contributed by atoms with Crippen molar-refractivity contribution in [2.45, 2.75) is 6.54 Å². The van der Waals surface area contributed by atoms with Crippen LogP contribution in [-0.4, -0.2) is 30.9 Å². The van der Waals surface area contributed by atoms with Crippen LogP contribution in [0.1, 0.15) is 0 Å². The fourth-order valence-electron chi connectivity index (χ4n) is 1.87. The molecule has 0 saturated heterocycles. The van der Waals surface area contributed by atoms with Crippen LogP contribution >= 0.6 is 0 Å². The minimum absolute atomic E-state index is 0.119. The number of aliphatic hydroxyl groups is 1. The zero-order valence-corrected chi connectivity index (χ0v) is 9.19. The molecule has 0 aliphatic carbocycles. The molecule has 5 heteroatoms. The summed E-state index contributed by atoms with van der Waals surface area (Å²) in [7, 11) is 0. The van der Waals surface area contributed by atoms with E-state index in [0.717, 1.165) is 17.0 Å². The van der Waals surface area contributed by atoms with Gasteiger partial charge < -0.3 is 9.67 Å². The van der Waals surface area contributed by atoms with Gasteiger partial charge in [-0.15, -0.1) is 0 Å². The summed E-state index contributed by atoms with van der Waals surface area (Å²) in [5.41, 5.74) is 2.65. The highest BCUT2D eigenvalue weighted by Gasteiger charge is 2.08. The van der Waals surface area contributed by atoms with Crippen LogP contribution in [-0.2, 0) is 6.54 Å². The van der Waals surface area contributed by atoms with Crippen LogP contribution in [0.2, 0.25) is 0 Å². The summed E-state index contributed by atoms with van der Waals surface area (Å²) in [5, 5.41) is 13.4. The van der Waals surface area contributed by atoms with Crippen molar-refractivity contribution in [1.29, 1.82) is 0 Å². The van der Waals surface area contributed by atoms with Gasteiger partial charge in [-0.1, -0.05) is 6.07 Å². The fourth-order valence-corrected chi connectivity index (χ4v) is 1.87. The Kier molecular flexibility index (Phi) is 2.38. The van der Waals surface area contributed by atoms with Crippen LogP contribution < -0.4 is 0 Å². The van der Waals surface area contributed by atoms with E-state index >= 15 is 0 Å². The van der Waals surface area contributed by atoms with E-state index in [1.54, 1.807) is 10.7 Å². The van der Waals surface area contributed by atoms with E-state index in [1.165, 1.54) is 0 Å². The van der Waals surface area contributed by atoms with Crippen molar-refractivity contribution < 1.29 is 5.11 Å². The number of fused-ring (bicyclic) bond motifs is 1. The average molecular weight is 228 g/mol. The first-order valence-electron chi connectivity index (χ1n) is 5.45. The van der Waals surface area contributed by atoms with Crippen LogP contribution in [0.4, 0.5) is 0 Å². The first-order valence-corrected chi connectivity index (χ1v) is 5.45. The number of hydrogen-bond donors (Lipinski definition) is 1. The van der Waals surface area contributed by atoms with E-state index in [1.807, 2.05) is 41.2 Å². The third kappa shape index (κ3) is 1.70. The van der Waals surface area contributed by atoms with Crippen LogP contribution in [0.3, 0.4) is 0 Å². The highest BCUT2D eigenvalue weighted by molar-refractivity contribution is 5.60. The van der Waals surface area contributed by atoms with E-state index in [-0.39, 0.29) is 6.61 Å². The van der Waals surface area contributed by atoms with Crippen LogP contribution in [0.5, 0.6) is 0 Å². The van der Waals surface area contributed by atoms with Gasteiger partial charge in [-0.3, -0.25) is 4.98 Å². The quantitative estimate of drug-likeness (QED) is 0.732. The number of pyridine rings is 1. The Morgan fingerprint density at radius 1 is 1.18 bits per heavy atom. The lowest BCUT2D eigenvalue weighted by Crippen LogP contribution is -1.99. The molecule has 0 aliphatic heterocycles. The number of aromatic nitrogens is 4. The normalized spacial score (nSPS) is 11.1. The zero-order valence-electron chi connectivity index (χ0n) is 9.19. The van der Waals surface area contributed by atoms with Crippen molar-refractivity contribution >= 4 is 5.65 Å². The number of rotatable bonds is 3. The van der Waals surface area contributed by atoms with E-state index in [4.69, 9.17) is 5.11 Å². The third-order valence-electron chi connectivity index (χ3n) is 2.67. The zero-order chi connectivity index (χ0) is 11.7. The summed E-state index contributed by atoms with van der Waals surface area (Å²) < 4.78 is 3.75. The molecule has 3 rings (SSSR count). The molecule has 0 spiro atoms. The van der Waals surface area contributed by atoms with Gasteiger partial charge in [0.05, 0.1) is 12.3 Å². The van der Waals surface area contributed by atoms with Crippen molar-refractivity contribution in [3.63, 3.8) is 0 Å². The number of hydrogen-bond acceptors (Lipinski definition) is 3. The number of imidazole rings is 1. The second-order valence-electron chi connectivity index (χ2n) is 3.76. The lowest BCUT2D eigenvalue weighted by Gasteiger charge is -1.97. The van der Waals surface area contributed by atoms with E-state index in [9.17, 15) is 0 Å². The maximum Gasteiger partial charge on any atom is 0.136 e. The maximum atomic E-state index is 8.96. The summed E-state index contributed by atoms with van der Waals surface area (Å²) in [4.78, 5) is 4.27. The van der Waals surface area contributed by atoms with Gasteiger partial charge in [0.1, 0.15) is 11.3 Å². The molecular formula is C12H12N4O. The smallest absolute Gasteiger partial charge is 0.136 e. The highest BCUT2D eigenvalue weighted by Crippen LogP contribution is 2.17. The highest BCUT2D eigenvalue weighted by atomic mass is 16.3. The molecule has 0 amide bonds. The Bertz CT molecular complexity index is 626. The molecule has 0 aromatic carbocycles. The fraction of sp³-hybridized carbons (Fsp3) is 0.167. The first-order chi connectivity index (χ1) is 8.38. The van der Waals surface area contributed by atoms with Gasteiger partial charge in [0.25, 0.3) is 0 Å². The maximum absolute atomic E-state index is 8.96. The number of nitrogens with zero attached hydrogens (tertiary/aromatic N) is 4. The van der Waals surface area contributed by atoms with Gasteiger partial charge >= 0.3 is 0 Å². The van der Waals surface area contributed by atoms with E-state index in [2.05, 4.69) is 10.1 Å². The molecule has 0 unspecified atom stereocenters. The van der Waals surface area contributed by atoms with Crippen LogP contribution in [0, 0.1) is 0 Å². The Labute approximate surface area is 98.0 Å². The SMILES string of the molecule is OCCn1ccn2nc(-c3ccccn3)cc12. The van der Waals surface area contributed by atoms with Crippen LogP contribution in [0.15, 0.2) is 42.9 Å². The standard InChI is InChI=1S/C12H12N4O/c17-8-7-15-5-6-16-12(15)9-11(14-16)10-3-1-2-4-13-10/h1-6,9,17H,7-8H2. The lowest BCUT2D eigenvalue weighted by molar-refractivity contribution is 0.278. The largest absolute Gasteiger partial charge is 0.395 e. The van der Waals surface area contributed by atoms with E-state index in [0.29, 0.717) is 6.54 Å². The summed E-state index contributed by atoms with van der Waals surface area (Å²) in [6.07, 6.45) is 5.53.